The van der Waals surface area contributed by atoms with Crippen molar-refractivity contribution in [1.29, 1.82) is 5.26 Å². The molecule has 9 nitrogen and oxygen atoms in total. The summed E-state index contributed by atoms with van der Waals surface area (Å²) in [5.74, 6) is -3.28. The maximum atomic E-state index is 17.9. The number of hydrogen-bond donors (Lipinski definition) is 1. The van der Waals surface area contributed by atoms with Gasteiger partial charge in [0.05, 0.1) is 30.8 Å². The van der Waals surface area contributed by atoms with Crippen LogP contribution in [-0.4, -0.2) is 97.6 Å². The van der Waals surface area contributed by atoms with Gasteiger partial charge in [-0.15, -0.1) is 0 Å². The van der Waals surface area contributed by atoms with Crippen molar-refractivity contribution in [2.45, 2.75) is 87.7 Å². The number of aliphatic carboxylic acids is 1. The Morgan fingerprint density at radius 2 is 1.69 bits per heavy atom. The summed E-state index contributed by atoms with van der Waals surface area (Å²) < 4.78 is 71.0. The first-order valence-corrected chi connectivity index (χ1v) is 18.4. The fourth-order valence-electron chi connectivity index (χ4n) is 9.01. The Labute approximate surface area is 302 Å². The molecule has 2 aromatic carbocycles. The molecule has 4 atom stereocenters. The van der Waals surface area contributed by atoms with E-state index in [0.29, 0.717) is 35.7 Å². The number of carbonyl (C=O) groups is 2. The van der Waals surface area contributed by atoms with E-state index in [1.54, 1.807) is 36.3 Å². The van der Waals surface area contributed by atoms with E-state index in [9.17, 15) is 33.1 Å². The predicted octanol–water partition coefficient (Wildman–Crippen LogP) is 6.63. The number of nitriles is 1. The number of carboxylic acid groups (broad SMARTS) is 1. The lowest BCUT2D eigenvalue weighted by Gasteiger charge is -2.35. The quantitative estimate of drug-likeness (QED) is 0.272. The number of ether oxygens (including phenoxy) is 2. The number of rotatable bonds is 10. The van der Waals surface area contributed by atoms with Crippen molar-refractivity contribution in [3.8, 4) is 11.8 Å². The molecule has 3 heterocycles. The molecule has 1 N–H and O–H groups in total. The molecule has 6 rings (SSSR count). The van der Waals surface area contributed by atoms with Gasteiger partial charge in [0.25, 0.3) is 5.91 Å². The first-order chi connectivity index (χ1) is 24.9. The molecule has 4 fully saturated rings. The number of piperidine rings is 1. The molecule has 2 aromatic rings. The highest BCUT2D eigenvalue weighted by Crippen LogP contribution is 2.47. The number of carboxylic acids is 1. The Hall–Kier alpha value is -3.89. The molecular formula is C39H48F4N4O5. The molecule has 282 valence electrons. The van der Waals surface area contributed by atoms with E-state index in [4.69, 9.17) is 9.47 Å². The zero-order valence-corrected chi connectivity index (χ0v) is 29.8. The molecule has 4 aliphatic rings. The van der Waals surface area contributed by atoms with Gasteiger partial charge in [0, 0.05) is 75.9 Å². The summed E-state index contributed by atoms with van der Waals surface area (Å²) in [6, 6.07) is 12.9. The highest BCUT2D eigenvalue weighted by Gasteiger charge is 2.57. The van der Waals surface area contributed by atoms with E-state index in [1.807, 2.05) is 6.92 Å². The third kappa shape index (κ3) is 7.74. The maximum Gasteiger partial charge on any atom is 0.416 e. The summed E-state index contributed by atoms with van der Waals surface area (Å²) in [4.78, 5) is 31.6. The third-order valence-electron chi connectivity index (χ3n) is 11.9. The number of anilines is 1. The molecule has 13 heteroatoms. The SMILES string of the molecule is CCO[C@H]1CC[C@H](N2C[C@@H](c3ccc(OC)cc3)[C@](F)(C(=O)N3C[C@H](CC#N)[C@@H](c4ccc(C(F)(F)F)cc4N4CCC(C(=O)O)CC4)C3)C2)CC1. The second-order valence-corrected chi connectivity index (χ2v) is 14.8. The molecule has 1 saturated carbocycles. The first kappa shape index (κ1) is 37.9. The van der Waals surface area contributed by atoms with Crippen LogP contribution in [0.4, 0.5) is 23.2 Å². The van der Waals surface area contributed by atoms with Gasteiger partial charge in [-0.2, -0.15) is 18.4 Å². The normalized spacial score (nSPS) is 28.9. The van der Waals surface area contributed by atoms with Crippen LogP contribution in [0.25, 0.3) is 0 Å². The summed E-state index contributed by atoms with van der Waals surface area (Å²) in [6.45, 7) is 3.54. The van der Waals surface area contributed by atoms with Gasteiger partial charge in [-0.1, -0.05) is 18.2 Å². The lowest BCUT2D eigenvalue weighted by Crippen LogP contribution is -2.50. The minimum absolute atomic E-state index is 0.0341. The van der Waals surface area contributed by atoms with Gasteiger partial charge in [-0.3, -0.25) is 14.5 Å². The smallest absolute Gasteiger partial charge is 0.416 e. The van der Waals surface area contributed by atoms with E-state index in [1.165, 1.54) is 11.0 Å². The maximum absolute atomic E-state index is 17.9. The van der Waals surface area contributed by atoms with Crippen molar-refractivity contribution in [1.82, 2.24) is 9.80 Å². The van der Waals surface area contributed by atoms with Gasteiger partial charge in [0.15, 0.2) is 0 Å². The van der Waals surface area contributed by atoms with Crippen LogP contribution in [0.1, 0.15) is 80.4 Å². The monoisotopic (exact) mass is 728 g/mol. The Balaban J connectivity index is 1.30. The fraction of sp³-hybridized carbons (Fsp3) is 0.615. The molecule has 1 amide bonds. The molecule has 0 radical (unpaired) electrons. The number of halogens is 4. The van der Waals surface area contributed by atoms with Gasteiger partial charge in [0.1, 0.15) is 5.75 Å². The predicted molar refractivity (Wildman–Crippen MR) is 186 cm³/mol. The zero-order chi connectivity index (χ0) is 37.2. The summed E-state index contributed by atoms with van der Waals surface area (Å²) >= 11 is 0. The van der Waals surface area contributed by atoms with Gasteiger partial charge >= 0.3 is 12.1 Å². The number of amides is 1. The number of carbonyl (C=O) groups excluding carboxylic acids is 1. The van der Waals surface area contributed by atoms with Gasteiger partial charge in [-0.25, -0.2) is 4.39 Å². The van der Waals surface area contributed by atoms with Crippen molar-refractivity contribution in [2.75, 3.05) is 57.9 Å². The molecule has 0 spiro atoms. The Morgan fingerprint density at radius 1 is 1.00 bits per heavy atom. The van der Waals surface area contributed by atoms with E-state index >= 15 is 4.39 Å². The van der Waals surface area contributed by atoms with Crippen LogP contribution in [0.15, 0.2) is 42.5 Å². The standard InChI is InChI=1S/C39H48F4N4O5/c1-3-52-31-11-7-29(8-12-31)47-23-34(25-4-9-30(51-2)10-5-25)38(40,24-47)37(50)46-21-27(14-17-44)33(22-46)32-13-6-28(39(41,42)43)20-35(32)45-18-15-26(16-19-45)36(48)49/h4-6,9-10,13,20,26-27,29,31,33-34H,3,7-8,11-12,14-16,18-19,21-24H2,1-2H3,(H,48,49)/t27-,29-,31-,33-,34-,38-/m0/s1. The van der Waals surface area contributed by atoms with Crippen LogP contribution in [-0.2, 0) is 20.5 Å². The molecular weight excluding hydrogens is 680 g/mol. The van der Waals surface area contributed by atoms with Crippen LogP contribution < -0.4 is 9.64 Å². The van der Waals surface area contributed by atoms with Gasteiger partial charge in [0.2, 0.25) is 5.67 Å². The second kappa shape index (κ2) is 15.6. The van der Waals surface area contributed by atoms with Crippen LogP contribution in [0.3, 0.4) is 0 Å². The Bertz CT molecular complexity index is 1620. The molecule has 0 bridgehead atoms. The molecule has 0 aromatic heterocycles. The number of likely N-dealkylation sites (tertiary alicyclic amines) is 2. The van der Waals surface area contributed by atoms with Crippen LogP contribution in [0.2, 0.25) is 0 Å². The lowest BCUT2D eigenvalue weighted by molar-refractivity contribution is -0.143. The van der Waals surface area contributed by atoms with Crippen molar-refractivity contribution in [3.63, 3.8) is 0 Å². The van der Waals surface area contributed by atoms with E-state index in [0.717, 1.165) is 37.8 Å². The van der Waals surface area contributed by atoms with Gasteiger partial charge in [-0.05, 0) is 86.8 Å². The molecule has 1 aliphatic carbocycles. The third-order valence-corrected chi connectivity index (χ3v) is 11.9. The van der Waals surface area contributed by atoms with Crippen molar-refractivity contribution in [3.05, 3.63) is 59.2 Å². The van der Waals surface area contributed by atoms with Gasteiger partial charge < -0.3 is 24.4 Å². The Kier molecular flexibility index (Phi) is 11.4. The van der Waals surface area contributed by atoms with Crippen LogP contribution in [0.5, 0.6) is 5.75 Å². The highest BCUT2D eigenvalue weighted by atomic mass is 19.4. The van der Waals surface area contributed by atoms with Crippen molar-refractivity contribution in [2.24, 2.45) is 11.8 Å². The molecule has 52 heavy (non-hydrogen) atoms. The minimum atomic E-state index is -4.61. The fourth-order valence-corrected chi connectivity index (χ4v) is 9.01. The largest absolute Gasteiger partial charge is 0.497 e. The van der Waals surface area contributed by atoms with Crippen molar-refractivity contribution < 1.29 is 41.7 Å². The topological polar surface area (TPSA) is 106 Å². The Morgan fingerprint density at radius 3 is 2.29 bits per heavy atom. The van der Waals surface area contributed by atoms with E-state index in [-0.39, 0.29) is 64.1 Å². The molecule has 0 unspecified atom stereocenters. The van der Waals surface area contributed by atoms with Crippen molar-refractivity contribution >= 4 is 17.6 Å². The number of benzene rings is 2. The minimum Gasteiger partial charge on any atom is -0.497 e. The summed E-state index contributed by atoms with van der Waals surface area (Å²) in [5, 5.41) is 19.3. The van der Waals surface area contributed by atoms with E-state index in [2.05, 4.69) is 11.0 Å². The number of hydrogen-bond acceptors (Lipinski definition) is 7. The first-order valence-electron chi connectivity index (χ1n) is 18.4. The lowest BCUT2D eigenvalue weighted by atomic mass is 9.84. The van der Waals surface area contributed by atoms with Crippen LogP contribution in [0, 0.1) is 23.2 Å². The van der Waals surface area contributed by atoms with E-state index < -0.39 is 53.0 Å². The number of alkyl halides is 4. The van der Waals surface area contributed by atoms with Crippen LogP contribution >= 0.6 is 0 Å². The second-order valence-electron chi connectivity index (χ2n) is 14.8. The average Bonchev–Trinajstić information content (AvgIpc) is 3.73. The summed E-state index contributed by atoms with van der Waals surface area (Å²) in [5.41, 5.74) is -1.56. The number of methoxy groups -OCH3 is 1. The molecule has 3 saturated heterocycles. The number of nitrogens with zero attached hydrogens (tertiary/aromatic N) is 4. The zero-order valence-electron chi connectivity index (χ0n) is 29.8. The summed E-state index contributed by atoms with van der Waals surface area (Å²) in [7, 11) is 1.55. The highest BCUT2D eigenvalue weighted by molar-refractivity contribution is 5.88. The molecule has 3 aliphatic heterocycles. The summed E-state index contributed by atoms with van der Waals surface area (Å²) in [6.07, 6.45) is -0.440. The average molecular weight is 729 g/mol.